The summed E-state index contributed by atoms with van der Waals surface area (Å²) in [4.78, 5) is 3.58. The molecule has 48 valence electrons. The molecule has 1 saturated heterocycles. The first-order valence-corrected chi connectivity index (χ1v) is 2.46. The van der Waals surface area contributed by atoms with E-state index < -0.39 is 10.8 Å². The van der Waals surface area contributed by atoms with Gasteiger partial charge in [-0.05, 0) is 15.9 Å². The molecule has 2 nitrogen and oxygen atoms in total. The van der Waals surface area contributed by atoms with Crippen LogP contribution in [0.2, 0.25) is 0 Å². The molecule has 1 aliphatic rings. The smallest absolute Gasteiger partial charge is 0.238 e. The lowest BCUT2D eigenvalue weighted by molar-refractivity contribution is -0.397. The molecule has 1 N–H and O–H groups in total. The van der Waals surface area contributed by atoms with Crippen molar-refractivity contribution in [3.63, 3.8) is 0 Å². The largest absolute Gasteiger partial charge is 0.393 e. The highest BCUT2D eigenvalue weighted by molar-refractivity contribution is 9.10. The van der Waals surface area contributed by atoms with E-state index in [1.54, 1.807) is 0 Å². The zero-order valence-corrected chi connectivity index (χ0v) is 5.01. The Morgan fingerprint density at radius 2 is 1.75 bits per heavy atom. The minimum absolute atomic E-state index is 1.12. The number of rotatable bonds is 0. The summed E-state index contributed by atoms with van der Waals surface area (Å²) in [6.45, 7) is 0. The number of alkyl halides is 4. The standard InChI is InChI=1S/C2HBrF3NO/c3-1(4)2(5,6)7-8-1/h7H. The third kappa shape index (κ3) is 0.636. The van der Waals surface area contributed by atoms with E-state index in [4.69, 9.17) is 0 Å². The molecule has 0 radical (unpaired) electrons. The molecule has 1 fully saturated rings. The summed E-state index contributed by atoms with van der Waals surface area (Å²) in [6.07, 6.45) is 0. The molecular weight excluding hydrogens is 191 g/mol. The topological polar surface area (TPSA) is 21.3 Å². The van der Waals surface area contributed by atoms with Gasteiger partial charge in [-0.2, -0.15) is 13.2 Å². The molecule has 0 aromatic rings. The van der Waals surface area contributed by atoms with Gasteiger partial charge in [0.25, 0.3) is 0 Å². The lowest BCUT2D eigenvalue weighted by atomic mass is 10.5. The third-order valence-electron chi connectivity index (χ3n) is 0.673. The fraction of sp³-hybridized carbons (Fsp3) is 1.00. The van der Waals surface area contributed by atoms with Gasteiger partial charge in [-0.1, -0.05) is 0 Å². The normalized spacial score (nSPS) is 43.5. The maximum absolute atomic E-state index is 11.9. The van der Waals surface area contributed by atoms with Crippen LogP contribution >= 0.6 is 15.9 Å². The molecule has 0 aliphatic carbocycles. The zero-order valence-electron chi connectivity index (χ0n) is 3.42. The molecule has 0 saturated carbocycles. The Hall–Kier alpha value is 0.190. The van der Waals surface area contributed by atoms with Gasteiger partial charge in [0, 0.05) is 0 Å². The average Bonchev–Trinajstić information content (AvgIpc) is 1.64. The van der Waals surface area contributed by atoms with E-state index in [1.165, 1.54) is 0 Å². The van der Waals surface area contributed by atoms with Gasteiger partial charge in [-0.15, -0.1) is 5.48 Å². The minimum atomic E-state index is -3.60. The molecule has 1 aliphatic heterocycles. The molecule has 8 heavy (non-hydrogen) atoms. The molecule has 0 aromatic heterocycles. The number of nitrogens with one attached hydrogen (secondary N) is 1. The molecule has 0 amide bonds. The Bertz CT molecular complexity index is 102. The van der Waals surface area contributed by atoms with Crippen LogP contribution in [-0.4, -0.2) is 10.8 Å². The molecular formula is C2HBrF3NO. The number of hydrogen-bond donors (Lipinski definition) is 1. The first-order chi connectivity index (χ1) is 3.46. The second-order valence-corrected chi connectivity index (χ2v) is 2.32. The summed E-state index contributed by atoms with van der Waals surface area (Å²) in [7, 11) is 0. The van der Waals surface area contributed by atoms with Crippen molar-refractivity contribution >= 4 is 15.9 Å². The zero-order chi connectivity index (χ0) is 6.41. The summed E-state index contributed by atoms with van der Waals surface area (Å²) in [5, 5.41) is 0. The molecule has 1 heterocycles. The van der Waals surface area contributed by atoms with E-state index in [1.807, 2.05) is 15.9 Å². The van der Waals surface area contributed by atoms with Crippen LogP contribution in [0.25, 0.3) is 0 Å². The molecule has 0 aromatic carbocycles. The van der Waals surface area contributed by atoms with Crippen molar-refractivity contribution in [1.82, 2.24) is 5.48 Å². The molecule has 1 rings (SSSR count). The number of halogens is 4. The quantitative estimate of drug-likeness (QED) is 0.458. The Balaban J connectivity index is 2.63. The summed E-state index contributed by atoms with van der Waals surface area (Å²) in [5.74, 6) is 0. The summed E-state index contributed by atoms with van der Waals surface area (Å²) in [6, 6.07) is -3.60. The second-order valence-electron chi connectivity index (χ2n) is 1.30. The molecule has 1 atom stereocenters. The van der Waals surface area contributed by atoms with Crippen molar-refractivity contribution in [2.24, 2.45) is 0 Å². The van der Waals surface area contributed by atoms with Crippen molar-refractivity contribution in [3.05, 3.63) is 0 Å². The van der Waals surface area contributed by atoms with Gasteiger partial charge >= 0.3 is 10.8 Å². The number of hydrogen-bond acceptors (Lipinski definition) is 2. The number of hydroxylamine groups is 1. The predicted molar refractivity (Wildman–Crippen MR) is 21.9 cm³/mol. The average molecular weight is 192 g/mol. The highest BCUT2D eigenvalue weighted by Gasteiger charge is 2.65. The van der Waals surface area contributed by atoms with Crippen LogP contribution in [0.5, 0.6) is 0 Å². The van der Waals surface area contributed by atoms with Gasteiger partial charge in [-0.3, -0.25) is 0 Å². The Morgan fingerprint density at radius 3 is 1.75 bits per heavy atom. The maximum Gasteiger partial charge on any atom is 0.393 e. The molecule has 0 spiro atoms. The van der Waals surface area contributed by atoms with Crippen molar-refractivity contribution in [2.45, 2.75) is 10.8 Å². The first-order valence-electron chi connectivity index (χ1n) is 1.66. The lowest BCUT2D eigenvalue weighted by Gasteiger charge is -2.37. The van der Waals surface area contributed by atoms with E-state index in [9.17, 15) is 13.2 Å². The van der Waals surface area contributed by atoms with E-state index in [2.05, 4.69) is 4.84 Å². The van der Waals surface area contributed by atoms with E-state index in [0.717, 1.165) is 5.48 Å². The van der Waals surface area contributed by atoms with Crippen molar-refractivity contribution in [3.8, 4) is 0 Å². The van der Waals surface area contributed by atoms with Crippen LogP contribution in [0.1, 0.15) is 0 Å². The predicted octanol–water partition coefficient (Wildman–Crippen LogP) is 1.13. The van der Waals surface area contributed by atoms with Gasteiger partial charge in [0.2, 0.25) is 0 Å². The Kier molecular flexibility index (Phi) is 1.08. The lowest BCUT2D eigenvalue weighted by Crippen LogP contribution is -2.65. The molecule has 1 unspecified atom stereocenters. The SMILES string of the molecule is FC1(F)NOC1(F)Br. The van der Waals surface area contributed by atoms with Gasteiger partial charge in [0.05, 0.1) is 0 Å². The molecule has 6 heteroatoms. The fourth-order valence-electron chi connectivity index (χ4n) is 0.205. The van der Waals surface area contributed by atoms with Crippen molar-refractivity contribution in [2.75, 3.05) is 0 Å². The van der Waals surface area contributed by atoms with Crippen molar-refractivity contribution in [1.29, 1.82) is 0 Å². The van der Waals surface area contributed by atoms with Gasteiger partial charge < -0.3 is 0 Å². The van der Waals surface area contributed by atoms with Gasteiger partial charge in [0.1, 0.15) is 0 Å². The fourth-order valence-corrected chi connectivity index (χ4v) is 0.367. The van der Waals surface area contributed by atoms with E-state index in [0.29, 0.717) is 0 Å². The van der Waals surface area contributed by atoms with Crippen LogP contribution in [0.15, 0.2) is 0 Å². The van der Waals surface area contributed by atoms with Gasteiger partial charge in [0.15, 0.2) is 0 Å². The van der Waals surface area contributed by atoms with E-state index >= 15 is 0 Å². The van der Waals surface area contributed by atoms with Crippen LogP contribution in [0, 0.1) is 0 Å². The second kappa shape index (κ2) is 1.37. The maximum atomic E-state index is 11.9. The van der Waals surface area contributed by atoms with Crippen molar-refractivity contribution < 1.29 is 18.0 Å². The Morgan fingerprint density at radius 1 is 1.38 bits per heavy atom. The monoisotopic (exact) mass is 191 g/mol. The highest BCUT2D eigenvalue weighted by atomic mass is 79.9. The Labute approximate surface area is 51.1 Å². The van der Waals surface area contributed by atoms with Crippen LogP contribution in [-0.2, 0) is 4.84 Å². The summed E-state index contributed by atoms with van der Waals surface area (Å²) in [5.41, 5.74) is 1.12. The van der Waals surface area contributed by atoms with Crippen LogP contribution in [0.4, 0.5) is 13.2 Å². The third-order valence-corrected chi connectivity index (χ3v) is 1.33. The highest BCUT2D eigenvalue weighted by Crippen LogP contribution is 2.43. The minimum Gasteiger partial charge on any atom is -0.238 e. The summed E-state index contributed by atoms with van der Waals surface area (Å²) >= 11 is 1.98. The molecule has 0 bridgehead atoms. The van der Waals surface area contributed by atoms with E-state index in [-0.39, 0.29) is 0 Å². The van der Waals surface area contributed by atoms with Crippen LogP contribution in [0.3, 0.4) is 0 Å². The van der Waals surface area contributed by atoms with Crippen LogP contribution < -0.4 is 5.48 Å². The van der Waals surface area contributed by atoms with Gasteiger partial charge in [-0.25, -0.2) is 4.84 Å². The first kappa shape index (κ1) is 6.31. The summed E-state index contributed by atoms with van der Waals surface area (Å²) < 4.78 is 32.2.